The Hall–Kier alpha value is -2.91. The maximum absolute atomic E-state index is 12.7. The number of rotatable bonds is 7. The van der Waals surface area contributed by atoms with Crippen molar-refractivity contribution in [2.75, 3.05) is 25.6 Å². The van der Waals surface area contributed by atoms with E-state index in [-0.39, 0.29) is 36.9 Å². The van der Waals surface area contributed by atoms with Crippen LogP contribution in [0, 0.1) is 0 Å². The average molecular weight is 457 g/mol. The van der Waals surface area contributed by atoms with Gasteiger partial charge in [0.25, 0.3) is 17.1 Å². The zero-order valence-electron chi connectivity index (χ0n) is 16.8. The van der Waals surface area contributed by atoms with Gasteiger partial charge >= 0.3 is 0 Å². The summed E-state index contributed by atoms with van der Waals surface area (Å²) in [6.07, 6.45) is 1.66. The van der Waals surface area contributed by atoms with Gasteiger partial charge in [-0.05, 0) is 53.4 Å². The maximum Gasteiger partial charge on any atom is 0.293 e. The minimum Gasteiger partial charge on any atom is -0.454 e. The summed E-state index contributed by atoms with van der Waals surface area (Å²) in [6.45, 7) is 2.48. The van der Waals surface area contributed by atoms with Crippen molar-refractivity contribution in [2.24, 2.45) is 0 Å². The second-order valence-corrected chi connectivity index (χ2v) is 8.93. The summed E-state index contributed by atoms with van der Waals surface area (Å²) in [5, 5.41) is 2.45. The number of thioether (sulfide) groups is 2. The van der Waals surface area contributed by atoms with Crippen molar-refractivity contribution in [1.82, 2.24) is 10.2 Å². The lowest BCUT2D eigenvalue weighted by atomic mass is 10.2. The van der Waals surface area contributed by atoms with E-state index in [4.69, 9.17) is 9.47 Å². The normalized spacial score (nSPS) is 16.3. The molecule has 2 heterocycles. The minimum atomic E-state index is -0.371. The first-order valence-electron chi connectivity index (χ1n) is 9.72. The first-order chi connectivity index (χ1) is 15.1. The third-order valence-electron chi connectivity index (χ3n) is 4.62. The highest BCUT2D eigenvalue weighted by Crippen LogP contribution is 2.36. The fraction of sp³-hybridized carbons (Fsp3) is 0.227. The van der Waals surface area contributed by atoms with Gasteiger partial charge in [0.05, 0.1) is 10.5 Å². The molecule has 1 N–H and O–H groups in total. The summed E-state index contributed by atoms with van der Waals surface area (Å²) < 4.78 is 10.6. The first-order valence-corrected chi connectivity index (χ1v) is 11.5. The van der Waals surface area contributed by atoms with Gasteiger partial charge in [0, 0.05) is 18.0 Å². The van der Waals surface area contributed by atoms with Crippen LogP contribution in [0.2, 0.25) is 0 Å². The third kappa shape index (κ3) is 4.72. The van der Waals surface area contributed by atoms with Crippen LogP contribution < -0.4 is 14.8 Å². The molecule has 2 aromatic carbocycles. The Kier molecular flexibility index (Phi) is 6.53. The first kappa shape index (κ1) is 21.3. The van der Waals surface area contributed by atoms with Gasteiger partial charge in [-0.1, -0.05) is 25.1 Å². The lowest BCUT2D eigenvalue weighted by Gasteiger charge is -2.14. The Morgan fingerprint density at radius 2 is 2.00 bits per heavy atom. The molecule has 7 nitrogen and oxygen atoms in total. The number of amides is 3. The Bertz CT molecular complexity index is 1070. The number of hydrogen-bond acceptors (Lipinski definition) is 7. The predicted molar refractivity (Wildman–Crippen MR) is 120 cm³/mol. The third-order valence-corrected chi connectivity index (χ3v) is 6.48. The van der Waals surface area contributed by atoms with Gasteiger partial charge in [-0.25, -0.2) is 0 Å². The second-order valence-electron chi connectivity index (χ2n) is 6.63. The van der Waals surface area contributed by atoms with Crippen LogP contribution in [0.25, 0.3) is 6.08 Å². The molecule has 1 fully saturated rings. The molecule has 160 valence electrons. The molecule has 3 amide bonds. The van der Waals surface area contributed by atoms with Gasteiger partial charge in [0.1, 0.15) is 0 Å². The number of carbonyl (C=O) groups excluding carboxylic acids is 3. The van der Waals surface area contributed by atoms with Crippen LogP contribution in [-0.2, 0) is 4.79 Å². The van der Waals surface area contributed by atoms with Crippen molar-refractivity contribution < 1.29 is 23.9 Å². The van der Waals surface area contributed by atoms with Gasteiger partial charge in [0.2, 0.25) is 6.79 Å². The molecule has 31 heavy (non-hydrogen) atoms. The molecule has 4 rings (SSSR count). The van der Waals surface area contributed by atoms with E-state index >= 15 is 0 Å². The van der Waals surface area contributed by atoms with E-state index in [1.54, 1.807) is 42.1 Å². The van der Waals surface area contributed by atoms with Gasteiger partial charge in [0.15, 0.2) is 11.5 Å². The van der Waals surface area contributed by atoms with E-state index in [1.807, 2.05) is 25.1 Å². The number of nitrogens with one attached hydrogen (secondary N) is 1. The second kappa shape index (κ2) is 9.49. The van der Waals surface area contributed by atoms with E-state index in [0.29, 0.717) is 22.0 Å². The molecule has 9 heteroatoms. The van der Waals surface area contributed by atoms with E-state index in [1.165, 1.54) is 0 Å². The van der Waals surface area contributed by atoms with Crippen LogP contribution in [0.3, 0.4) is 0 Å². The predicted octanol–water partition coefficient (Wildman–Crippen LogP) is 3.99. The molecule has 0 aliphatic carbocycles. The van der Waals surface area contributed by atoms with Gasteiger partial charge in [-0.2, -0.15) is 0 Å². The SMILES string of the molecule is CCSc1ccccc1C(=O)NCCN1C(=O)S/C(=C\c2ccc3c(c2)OCO3)C1=O. The van der Waals surface area contributed by atoms with Crippen molar-refractivity contribution in [3.05, 3.63) is 58.5 Å². The monoisotopic (exact) mass is 456 g/mol. The molecule has 0 atom stereocenters. The van der Waals surface area contributed by atoms with Crippen LogP contribution >= 0.6 is 23.5 Å². The summed E-state index contributed by atoms with van der Waals surface area (Å²) in [6, 6.07) is 12.7. The smallest absolute Gasteiger partial charge is 0.293 e. The Morgan fingerprint density at radius 1 is 1.19 bits per heavy atom. The molecule has 0 radical (unpaired) electrons. The standard InChI is InChI=1S/C22H20N2O5S2/c1-2-30-18-6-4-3-5-15(18)20(25)23-9-10-24-21(26)19(31-22(24)27)12-14-7-8-16-17(11-14)29-13-28-16/h3-8,11-12H,2,9-10,13H2,1H3,(H,23,25)/b19-12-. The highest BCUT2D eigenvalue weighted by Gasteiger charge is 2.34. The topological polar surface area (TPSA) is 84.9 Å². The lowest BCUT2D eigenvalue weighted by molar-refractivity contribution is -0.122. The molecular weight excluding hydrogens is 436 g/mol. The van der Waals surface area contributed by atoms with Gasteiger partial charge in [-0.3, -0.25) is 19.3 Å². The number of benzene rings is 2. The minimum absolute atomic E-state index is 0.109. The fourth-order valence-corrected chi connectivity index (χ4v) is 4.83. The highest BCUT2D eigenvalue weighted by molar-refractivity contribution is 8.18. The summed E-state index contributed by atoms with van der Waals surface area (Å²) in [5.41, 5.74) is 1.33. The van der Waals surface area contributed by atoms with E-state index in [9.17, 15) is 14.4 Å². The molecule has 0 aromatic heterocycles. The van der Waals surface area contributed by atoms with Crippen molar-refractivity contribution >= 4 is 46.7 Å². The summed E-state index contributed by atoms with van der Waals surface area (Å²) in [5.74, 6) is 1.52. The largest absolute Gasteiger partial charge is 0.454 e. The molecule has 1 saturated heterocycles. The molecule has 0 unspecified atom stereocenters. The fourth-order valence-electron chi connectivity index (χ4n) is 3.16. The molecule has 2 aliphatic rings. The Morgan fingerprint density at radius 3 is 2.84 bits per heavy atom. The van der Waals surface area contributed by atoms with E-state index in [2.05, 4.69) is 5.32 Å². The van der Waals surface area contributed by atoms with Gasteiger partial charge in [-0.15, -0.1) is 11.8 Å². The van der Waals surface area contributed by atoms with Crippen molar-refractivity contribution in [3.8, 4) is 11.5 Å². The zero-order valence-corrected chi connectivity index (χ0v) is 18.4. The molecule has 0 bridgehead atoms. The molecular formula is C22H20N2O5S2. The Labute approximate surface area is 188 Å². The zero-order chi connectivity index (χ0) is 21.8. The van der Waals surface area contributed by atoms with E-state index in [0.717, 1.165) is 32.9 Å². The average Bonchev–Trinajstić information content (AvgIpc) is 3.33. The van der Waals surface area contributed by atoms with Crippen LogP contribution in [-0.4, -0.2) is 47.6 Å². The lowest BCUT2D eigenvalue weighted by Crippen LogP contribution is -2.37. The molecule has 0 spiro atoms. The number of nitrogens with zero attached hydrogens (tertiary/aromatic N) is 1. The number of imide groups is 1. The number of ether oxygens (including phenoxy) is 2. The number of hydrogen-bond donors (Lipinski definition) is 1. The number of fused-ring (bicyclic) bond motifs is 1. The summed E-state index contributed by atoms with van der Waals surface area (Å²) >= 11 is 2.48. The van der Waals surface area contributed by atoms with Crippen LogP contribution in [0.15, 0.2) is 52.3 Å². The van der Waals surface area contributed by atoms with Crippen molar-refractivity contribution in [3.63, 3.8) is 0 Å². The molecule has 2 aromatic rings. The van der Waals surface area contributed by atoms with Crippen LogP contribution in [0.4, 0.5) is 4.79 Å². The molecule has 2 aliphatic heterocycles. The Balaban J connectivity index is 1.37. The quantitative estimate of drug-likeness (QED) is 0.498. The number of carbonyl (C=O) groups is 3. The summed E-state index contributed by atoms with van der Waals surface area (Å²) in [7, 11) is 0. The summed E-state index contributed by atoms with van der Waals surface area (Å²) in [4.78, 5) is 39.9. The van der Waals surface area contributed by atoms with Gasteiger partial charge < -0.3 is 14.8 Å². The van der Waals surface area contributed by atoms with Crippen LogP contribution in [0.5, 0.6) is 11.5 Å². The maximum atomic E-state index is 12.7. The van der Waals surface area contributed by atoms with Crippen molar-refractivity contribution in [2.45, 2.75) is 11.8 Å². The highest BCUT2D eigenvalue weighted by atomic mass is 32.2. The molecule has 0 saturated carbocycles. The van der Waals surface area contributed by atoms with Crippen molar-refractivity contribution in [1.29, 1.82) is 0 Å². The van der Waals surface area contributed by atoms with E-state index < -0.39 is 0 Å². The van der Waals surface area contributed by atoms with Crippen LogP contribution in [0.1, 0.15) is 22.8 Å².